The average Bonchev–Trinajstić information content (AvgIpc) is 2.83. The van der Waals surface area contributed by atoms with E-state index in [9.17, 15) is 9.18 Å². The van der Waals surface area contributed by atoms with E-state index in [4.69, 9.17) is 10.5 Å². The SMILES string of the molecule is COc1ccc(C[C@]2(c3ccc(F)cc3)N=C(N)NC2=O)cc1. The van der Waals surface area contributed by atoms with Crippen LogP contribution in [0.2, 0.25) is 0 Å². The lowest BCUT2D eigenvalue weighted by molar-refractivity contribution is -0.124. The molecule has 1 amide bonds. The van der Waals surface area contributed by atoms with Gasteiger partial charge in [0.2, 0.25) is 0 Å². The Hall–Kier alpha value is -2.89. The molecule has 3 rings (SSSR count). The van der Waals surface area contributed by atoms with Crippen LogP contribution in [-0.2, 0) is 16.8 Å². The van der Waals surface area contributed by atoms with E-state index in [0.717, 1.165) is 11.3 Å². The first-order chi connectivity index (χ1) is 11.0. The lowest BCUT2D eigenvalue weighted by Crippen LogP contribution is -2.40. The summed E-state index contributed by atoms with van der Waals surface area (Å²) >= 11 is 0. The van der Waals surface area contributed by atoms with Crippen molar-refractivity contribution in [2.45, 2.75) is 12.0 Å². The Balaban J connectivity index is 2.02. The predicted octanol–water partition coefficient (Wildman–Crippen LogP) is 1.72. The van der Waals surface area contributed by atoms with Gasteiger partial charge in [-0.15, -0.1) is 0 Å². The van der Waals surface area contributed by atoms with Crippen LogP contribution in [0.15, 0.2) is 53.5 Å². The number of rotatable bonds is 4. The van der Waals surface area contributed by atoms with Gasteiger partial charge in [0.15, 0.2) is 11.5 Å². The molecule has 0 saturated carbocycles. The highest BCUT2D eigenvalue weighted by atomic mass is 19.1. The van der Waals surface area contributed by atoms with Gasteiger partial charge in [-0.2, -0.15) is 0 Å². The number of ether oxygens (including phenoxy) is 1. The van der Waals surface area contributed by atoms with Crippen molar-refractivity contribution in [2.75, 3.05) is 7.11 Å². The summed E-state index contributed by atoms with van der Waals surface area (Å²) in [6, 6.07) is 13.1. The molecule has 0 saturated heterocycles. The number of amides is 1. The Morgan fingerprint density at radius 3 is 2.35 bits per heavy atom. The maximum absolute atomic E-state index is 13.2. The number of hydrogen-bond donors (Lipinski definition) is 2. The molecule has 0 fully saturated rings. The van der Waals surface area contributed by atoms with Crippen LogP contribution in [0, 0.1) is 5.82 Å². The van der Waals surface area contributed by atoms with Gasteiger partial charge >= 0.3 is 0 Å². The van der Waals surface area contributed by atoms with E-state index in [2.05, 4.69) is 10.3 Å². The van der Waals surface area contributed by atoms with Crippen LogP contribution in [0.25, 0.3) is 0 Å². The normalized spacial score (nSPS) is 20.1. The summed E-state index contributed by atoms with van der Waals surface area (Å²) in [5.41, 5.74) is 5.99. The zero-order valence-corrected chi connectivity index (χ0v) is 12.5. The quantitative estimate of drug-likeness (QED) is 0.902. The van der Waals surface area contributed by atoms with Gasteiger partial charge in [-0.1, -0.05) is 24.3 Å². The summed E-state index contributed by atoms with van der Waals surface area (Å²) in [6.45, 7) is 0. The van der Waals surface area contributed by atoms with Crippen LogP contribution in [0.4, 0.5) is 4.39 Å². The number of nitrogens with two attached hydrogens (primary N) is 1. The van der Waals surface area contributed by atoms with E-state index in [1.54, 1.807) is 19.2 Å². The zero-order chi connectivity index (χ0) is 16.4. The number of carbonyl (C=O) groups excluding carboxylic acids is 1. The second kappa shape index (κ2) is 5.72. The van der Waals surface area contributed by atoms with Crippen molar-refractivity contribution in [3.8, 4) is 5.75 Å². The average molecular weight is 313 g/mol. The van der Waals surface area contributed by atoms with Crippen molar-refractivity contribution >= 4 is 11.9 Å². The van der Waals surface area contributed by atoms with E-state index in [-0.39, 0.29) is 17.7 Å². The summed E-state index contributed by atoms with van der Waals surface area (Å²) in [7, 11) is 1.59. The molecule has 1 aliphatic heterocycles. The highest BCUT2D eigenvalue weighted by Crippen LogP contribution is 2.33. The van der Waals surface area contributed by atoms with Crippen LogP contribution in [0.3, 0.4) is 0 Å². The first-order valence-electron chi connectivity index (χ1n) is 7.09. The minimum absolute atomic E-state index is 0.0628. The fourth-order valence-corrected chi connectivity index (χ4v) is 2.69. The molecule has 0 bridgehead atoms. The van der Waals surface area contributed by atoms with Crippen molar-refractivity contribution in [1.29, 1.82) is 0 Å². The van der Waals surface area contributed by atoms with Gasteiger partial charge in [-0.05, 0) is 35.4 Å². The Morgan fingerprint density at radius 2 is 1.83 bits per heavy atom. The Labute approximate surface area is 133 Å². The Morgan fingerprint density at radius 1 is 1.17 bits per heavy atom. The van der Waals surface area contributed by atoms with Gasteiger partial charge in [0.25, 0.3) is 5.91 Å². The molecule has 1 aliphatic rings. The molecule has 0 aromatic heterocycles. The molecule has 118 valence electrons. The van der Waals surface area contributed by atoms with Crippen molar-refractivity contribution in [2.24, 2.45) is 10.7 Å². The maximum atomic E-state index is 13.2. The van der Waals surface area contributed by atoms with Gasteiger partial charge in [0.1, 0.15) is 11.6 Å². The summed E-state index contributed by atoms with van der Waals surface area (Å²) in [5, 5.41) is 2.53. The maximum Gasteiger partial charge on any atom is 0.259 e. The van der Waals surface area contributed by atoms with E-state index in [1.165, 1.54) is 12.1 Å². The highest BCUT2D eigenvalue weighted by molar-refractivity contribution is 6.07. The molecule has 0 spiro atoms. The summed E-state index contributed by atoms with van der Waals surface area (Å²) in [6.07, 6.45) is 0.315. The predicted molar refractivity (Wildman–Crippen MR) is 84.5 cm³/mol. The smallest absolute Gasteiger partial charge is 0.259 e. The molecular formula is C17H16FN3O2. The minimum Gasteiger partial charge on any atom is -0.497 e. The van der Waals surface area contributed by atoms with Crippen LogP contribution >= 0.6 is 0 Å². The molecule has 0 unspecified atom stereocenters. The number of benzene rings is 2. The molecule has 0 aliphatic carbocycles. The van der Waals surface area contributed by atoms with Gasteiger partial charge in [0.05, 0.1) is 7.11 Å². The standard InChI is InChI=1S/C17H16FN3O2/c1-23-14-8-2-11(3-9-14)10-17(15(22)20-16(19)21-17)12-4-6-13(18)7-5-12/h2-9H,10H2,1H3,(H3,19,20,21,22)/t17-/m1/s1. The molecular weight excluding hydrogens is 297 g/mol. The fourth-order valence-electron chi connectivity index (χ4n) is 2.69. The van der Waals surface area contributed by atoms with Crippen molar-refractivity contribution < 1.29 is 13.9 Å². The lowest BCUT2D eigenvalue weighted by atomic mass is 9.84. The highest BCUT2D eigenvalue weighted by Gasteiger charge is 2.44. The van der Waals surface area contributed by atoms with Crippen LogP contribution in [-0.4, -0.2) is 19.0 Å². The summed E-state index contributed by atoms with van der Waals surface area (Å²) < 4.78 is 18.3. The first kappa shape index (κ1) is 15.0. The monoisotopic (exact) mass is 313 g/mol. The van der Waals surface area contributed by atoms with E-state index in [1.807, 2.05) is 24.3 Å². The third-order valence-electron chi connectivity index (χ3n) is 3.87. The largest absolute Gasteiger partial charge is 0.497 e. The first-order valence-corrected chi connectivity index (χ1v) is 7.09. The lowest BCUT2D eigenvalue weighted by Gasteiger charge is -2.24. The molecule has 6 heteroatoms. The second-order valence-corrected chi connectivity index (χ2v) is 5.34. The zero-order valence-electron chi connectivity index (χ0n) is 12.5. The number of nitrogens with zero attached hydrogens (tertiary/aromatic N) is 1. The van der Waals surface area contributed by atoms with E-state index >= 15 is 0 Å². The van der Waals surface area contributed by atoms with Crippen LogP contribution in [0.5, 0.6) is 5.75 Å². The van der Waals surface area contributed by atoms with Gasteiger partial charge in [-0.25, -0.2) is 9.38 Å². The number of aliphatic imine (C=N–C) groups is 1. The van der Waals surface area contributed by atoms with Gasteiger partial charge < -0.3 is 10.5 Å². The molecule has 23 heavy (non-hydrogen) atoms. The number of hydrogen-bond acceptors (Lipinski definition) is 4. The molecule has 1 atom stereocenters. The Bertz CT molecular complexity index is 756. The number of nitrogens with one attached hydrogen (secondary N) is 1. The summed E-state index contributed by atoms with van der Waals surface area (Å²) in [5.74, 6) is 0.0948. The molecule has 3 N–H and O–H groups in total. The molecule has 0 radical (unpaired) electrons. The van der Waals surface area contributed by atoms with E-state index < -0.39 is 5.54 Å². The van der Waals surface area contributed by atoms with Gasteiger partial charge in [0, 0.05) is 6.42 Å². The number of carbonyl (C=O) groups is 1. The fraction of sp³-hybridized carbons (Fsp3) is 0.176. The topological polar surface area (TPSA) is 76.7 Å². The molecule has 1 heterocycles. The van der Waals surface area contributed by atoms with Crippen LogP contribution < -0.4 is 15.8 Å². The number of guanidine groups is 1. The molecule has 2 aromatic carbocycles. The number of halogens is 1. The van der Waals surface area contributed by atoms with Gasteiger partial charge in [-0.3, -0.25) is 10.1 Å². The van der Waals surface area contributed by atoms with Crippen LogP contribution in [0.1, 0.15) is 11.1 Å². The van der Waals surface area contributed by atoms with E-state index in [0.29, 0.717) is 12.0 Å². The minimum atomic E-state index is -1.19. The molecule has 2 aromatic rings. The Kier molecular flexibility index (Phi) is 3.73. The van der Waals surface area contributed by atoms with Crippen molar-refractivity contribution in [1.82, 2.24) is 5.32 Å². The number of methoxy groups -OCH3 is 1. The summed E-state index contributed by atoms with van der Waals surface area (Å²) in [4.78, 5) is 16.8. The van der Waals surface area contributed by atoms with Crippen molar-refractivity contribution in [3.63, 3.8) is 0 Å². The van der Waals surface area contributed by atoms with Crippen molar-refractivity contribution in [3.05, 3.63) is 65.5 Å². The molecule has 5 nitrogen and oxygen atoms in total. The third-order valence-corrected chi connectivity index (χ3v) is 3.87. The second-order valence-electron chi connectivity index (χ2n) is 5.34. The third kappa shape index (κ3) is 2.75.